The molecule has 0 bridgehead atoms. The Kier molecular flexibility index (Phi) is 7.10. The number of aliphatic hydroxyl groups is 1. The molecule has 0 aliphatic carbocycles. The third-order valence-corrected chi connectivity index (χ3v) is 3.58. The van der Waals surface area contributed by atoms with Crippen molar-refractivity contribution in [1.29, 1.82) is 0 Å². The standard InChI is InChI=1S/C18H27N5O/c1-5-9-17(23(21)18(20)16(19)6-2)14-10-8-11-15(12-14)22(7-3)13(4)24/h5-6,8-13,24H,1-2,7,19-21H2,3-4H3/b17-9-,18-16+. The maximum absolute atomic E-state index is 9.91. The van der Waals surface area contributed by atoms with Crippen LogP contribution >= 0.6 is 0 Å². The van der Waals surface area contributed by atoms with E-state index in [2.05, 4.69) is 13.2 Å². The summed E-state index contributed by atoms with van der Waals surface area (Å²) in [6.45, 7) is 11.7. The van der Waals surface area contributed by atoms with Crippen molar-refractivity contribution in [2.75, 3.05) is 11.4 Å². The van der Waals surface area contributed by atoms with Crippen LogP contribution < -0.4 is 22.2 Å². The summed E-state index contributed by atoms with van der Waals surface area (Å²) in [6.07, 6.45) is 4.18. The quantitative estimate of drug-likeness (QED) is 0.251. The predicted octanol–water partition coefficient (Wildman–Crippen LogP) is 1.83. The summed E-state index contributed by atoms with van der Waals surface area (Å²) in [7, 11) is 0. The Labute approximate surface area is 143 Å². The molecular formula is C18H27N5O. The monoisotopic (exact) mass is 329 g/mol. The van der Waals surface area contributed by atoms with Crippen LogP contribution in [0.5, 0.6) is 0 Å². The molecule has 0 saturated carbocycles. The van der Waals surface area contributed by atoms with Gasteiger partial charge in [0.05, 0.1) is 11.4 Å². The summed E-state index contributed by atoms with van der Waals surface area (Å²) in [4.78, 5) is 1.85. The Morgan fingerprint density at radius 1 is 1.33 bits per heavy atom. The van der Waals surface area contributed by atoms with Gasteiger partial charge < -0.3 is 21.5 Å². The average Bonchev–Trinajstić information content (AvgIpc) is 2.58. The van der Waals surface area contributed by atoms with Crippen LogP contribution in [0.4, 0.5) is 5.69 Å². The number of aliphatic hydroxyl groups excluding tert-OH is 1. The van der Waals surface area contributed by atoms with Gasteiger partial charge in [-0.1, -0.05) is 31.4 Å². The maximum Gasteiger partial charge on any atom is 0.141 e. The second kappa shape index (κ2) is 8.81. The summed E-state index contributed by atoms with van der Waals surface area (Å²) in [5.41, 5.74) is 14.3. The molecule has 0 saturated heterocycles. The molecule has 1 atom stereocenters. The zero-order valence-corrected chi connectivity index (χ0v) is 14.3. The molecule has 0 amide bonds. The van der Waals surface area contributed by atoms with Gasteiger partial charge in [-0.25, -0.2) is 5.84 Å². The second-order valence-electron chi connectivity index (χ2n) is 5.17. The first-order valence-electron chi connectivity index (χ1n) is 7.67. The maximum atomic E-state index is 9.91. The van der Waals surface area contributed by atoms with Crippen molar-refractivity contribution in [3.05, 3.63) is 72.7 Å². The van der Waals surface area contributed by atoms with Crippen molar-refractivity contribution in [2.24, 2.45) is 17.3 Å². The number of hydrogen-bond acceptors (Lipinski definition) is 6. The van der Waals surface area contributed by atoms with E-state index >= 15 is 0 Å². The van der Waals surface area contributed by atoms with Gasteiger partial charge in [-0.3, -0.25) is 5.01 Å². The van der Waals surface area contributed by atoms with E-state index in [-0.39, 0.29) is 11.5 Å². The number of benzene rings is 1. The van der Waals surface area contributed by atoms with Gasteiger partial charge in [0.1, 0.15) is 12.0 Å². The highest BCUT2D eigenvalue weighted by atomic mass is 16.3. The van der Waals surface area contributed by atoms with Crippen LogP contribution in [0.3, 0.4) is 0 Å². The van der Waals surface area contributed by atoms with E-state index in [0.29, 0.717) is 12.2 Å². The molecular weight excluding hydrogens is 302 g/mol. The lowest BCUT2D eigenvalue weighted by molar-refractivity contribution is 0.190. The van der Waals surface area contributed by atoms with Crippen LogP contribution in [0.15, 0.2) is 67.2 Å². The van der Waals surface area contributed by atoms with E-state index in [0.717, 1.165) is 11.3 Å². The fourth-order valence-electron chi connectivity index (χ4n) is 2.31. The van der Waals surface area contributed by atoms with Crippen molar-refractivity contribution in [3.8, 4) is 0 Å². The third kappa shape index (κ3) is 4.41. The molecule has 0 spiro atoms. The van der Waals surface area contributed by atoms with E-state index < -0.39 is 6.23 Å². The molecule has 6 heteroatoms. The van der Waals surface area contributed by atoms with E-state index in [1.165, 1.54) is 11.1 Å². The summed E-state index contributed by atoms with van der Waals surface area (Å²) in [5.74, 6) is 6.30. The molecule has 0 aromatic heterocycles. The van der Waals surface area contributed by atoms with E-state index in [1.807, 2.05) is 36.1 Å². The molecule has 1 aromatic carbocycles. The van der Waals surface area contributed by atoms with Gasteiger partial charge >= 0.3 is 0 Å². The van der Waals surface area contributed by atoms with Crippen molar-refractivity contribution in [3.63, 3.8) is 0 Å². The van der Waals surface area contributed by atoms with Crippen LogP contribution in [-0.4, -0.2) is 22.9 Å². The predicted molar refractivity (Wildman–Crippen MR) is 101 cm³/mol. The molecule has 1 aromatic rings. The molecule has 0 fully saturated rings. The average molecular weight is 329 g/mol. The van der Waals surface area contributed by atoms with Gasteiger partial charge in [0.2, 0.25) is 0 Å². The minimum absolute atomic E-state index is 0.186. The van der Waals surface area contributed by atoms with E-state index in [4.69, 9.17) is 17.3 Å². The number of allylic oxidation sites excluding steroid dienone is 3. The molecule has 1 rings (SSSR count). The van der Waals surface area contributed by atoms with Crippen molar-refractivity contribution in [1.82, 2.24) is 5.01 Å². The molecule has 130 valence electrons. The number of rotatable bonds is 8. The summed E-state index contributed by atoms with van der Waals surface area (Å²) in [6, 6.07) is 7.62. The molecule has 7 N–H and O–H groups in total. The zero-order chi connectivity index (χ0) is 18.3. The Hall–Kier alpha value is -2.70. The largest absolute Gasteiger partial charge is 0.396 e. The van der Waals surface area contributed by atoms with Gasteiger partial charge in [0.15, 0.2) is 0 Å². The van der Waals surface area contributed by atoms with E-state index in [9.17, 15) is 5.11 Å². The van der Waals surface area contributed by atoms with Crippen LogP contribution in [0.2, 0.25) is 0 Å². The molecule has 6 nitrogen and oxygen atoms in total. The fourth-order valence-corrected chi connectivity index (χ4v) is 2.31. The number of hydrogen-bond donors (Lipinski definition) is 4. The van der Waals surface area contributed by atoms with Gasteiger partial charge in [0, 0.05) is 17.8 Å². The van der Waals surface area contributed by atoms with Gasteiger partial charge in [-0.15, -0.1) is 0 Å². The van der Waals surface area contributed by atoms with Crippen LogP contribution in [0, 0.1) is 0 Å². The number of anilines is 1. The van der Waals surface area contributed by atoms with E-state index in [1.54, 1.807) is 19.1 Å². The van der Waals surface area contributed by atoms with Crippen LogP contribution in [0.25, 0.3) is 5.70 Å². The number of nitrogens with zero attached hydrogens (tertiary/aromatic N) is 2. The molecule has 0 radical (unpaired) electrons. The SMILES string of the molecule is C=C/C=C(/c1cccc(N(CC)C(C)O)c1)N(N)/C(N)=C(/N)C=C. The lowest BCUT2D eigenvalue weighted by Crippen LogP contribution is -2.35. The van der Waals surface area contributed by atoms with Crippen molar-refractivity contribution in [2.45, 2.75) is 20.1 Å². The molecule has 24 heavy (non-hydrogen) atoms. The van der Waals surface area contributed by atoms with Crippen LogP contribution in [-0.2, 0) is 0 Å². The summed E-state index contributed by atoms with van der Waals surface area (Å²) in [5, 5.41) is 11.2. The zero-order valence-electron chi connectivity index (χ0n) is 14.3. The lowest BCUT2D eigenvalue weighted by Gasteiger charge is -2.28. The first kappa shape index (κ1) is 19.3. The second-order valence-corrected chi connectivity index (χ2v) is 5.17. The number of hydrazine groups is 1. The van der Waals surface area contributed by atoms with Crippen LogP contribution in [0.1, 0.15) is 19.4 Å². The van der Waals surface area contributed by atoms with Gasteiger partial charge in [-0.05, 0) is 38.1 Å². The fraction of sp³-hybridized carbons (Fsp3) is 0.222. The molecule has 0 heterocycles. The smallest absolute Gasteiger partial charge is 0.141 e. The van der Waals surface area contributed by atoms with Gasteiger partial charge in [-0.2, -0.15) is 0 Å². The highest BCUT2D eigenvalue weighted by molar-refractivity contribution is 5.70. The van der Waals surface area contributed by atoms with Gasteiger partial charge in [0.25, 0.3) is 0 Å². The lowest BCUT2D eigenvalue weighted by atomic mass is 10.1. The first-order chi connectivity index (χ1) is 11.4. The highest BCUT2D eigenvalue weighted by Gasteiger charge is 2.15. The normalized spacial score (nSPS) is 13.8. The Balaban J connectivity index is 3.36. The highest BCUT2D eigenvalue weighted by Crippen LogP contribution is 2.25. The Morgan fingerprint density at radius 2 is 2.00 bits per heavy atom. The number of nitrogens with two attached hydrogens (primary N) is 3. The summed E-state index contributed by atoms with van der Waals surface area (Å²) < 4.78 is 0. The topological polar surface area (TPSA) is 105 Å². The minimum Gasteiger partial charge on any atom is -0.396 e. The minimum atomic E-state index is -0.604. The molecule has 0 aliphatic heterocycles. The Bertz CT molecular complexity index is 649. The Morgan fingerprint density at radius 3 is 2.50 bits per heavy atom. The third-order valence-electron chi connectivity index (χ3n) is 3.58. The van der Waals surface area contributed by atoms with Crippen molar-refractivity contribution < 1.29 is 5.11 Å². The van der Waals surface area contributed by atoms with Crippen molar-refractivity contribution >= 4 is 11.4 Å². The molecule has 1 unspecified atom stereocenters. The first-order valence-corrected chi connectivity index (χ1v) is 7.67. The molecule has 0 aliphatic rings. The summed E-state index contributed by atoms with van der Waals surface area (Å²) >= 11 is 0.